The fourth-order valence-corrected chi connectivity index (χ4v) is 1.88. The van der Waals surface area contributed by atoms with Gasteiger partial charge in [-0.15, -0.1) is 0 Å². The molecule has 2 amide bonds. The fourth-order valence-electron chi connectivity index (χ4n) is 1.88. The molecule has 2 aromatic rings. The van der Waals surface area contributed by atoms with E-state index < -0.39 is 6.10 Å². The molecule has 3 rings (SSSR count). The van der Waals surface area contributed by atoms with Crippen molar-refractivity contribution in [1.82, 2.24) is 0 Å². The lowest BCUT2D eigenvalue weighted by Gasteiger charge is -2.23. The van der Waals surface area contributed by atoms with Crippen LogP contribution >= 0.6 is 0 Å². The van der Waals surface area contributed by atoms with E-state index in [1.165, 1.54) is 12.5 Å². The van der Waals surface area contributed by atoms with E-state index >= 15 is 0 Å². The van der Waals surface area contributed by atoms with Crippen molar-refractivity contribution in [2.75, 3.05) is 10.6 Å². The Hall–Kier alpha value is -2.76. The number of amides is 2. The Morgan fingerprint density at radius 2 is 2.20 bits per heavy atom. The van der Waals surface area contributed by atoms with Gasteiger partial charge >= 0.3 is 0 Å². The molecule has 1 aromatic heterocycles. The maximum absolute atomic E-state index is 11.9. The number of hydrogen-bond acceptors (Lipinski definition) is 4. The van der Waals surface area contributed by atoms with Crippen molar-refractivity contribution in [3.05, 3.63) is 42.4 Å². The topological polar surface area (TPSA) is 80.6 Å². The van der Waals surface area contributed by atoms with Crippen molar-refractivity contribution in [3.63, 3.8) is 0 Å². The molecule has 1 unspecified atom stereocenters. The zero-order valence-electron chi connectivity index (χ0n) is 10.7. The van der Waals surface area contributed by atoms with Gasteiger partial charge in [0.05, 0.1) is 17.5 Å². The van der Waals surface area contributed by atoms with Gasteiger partial charge < -0.3 is 19.8 Å². The average Bonchev–Trinajstić information content (AvgIpc) is 2.94. The molecule has 102 valence electrons. The number of carbonyl (C=O) groups is 2. The van der Waals surface area contributed by atoms with Crippen LogP contribution < -0.4 is 15.4 Å². The first-order chi connectivity index (χ1) is 9.63. The predicted molar refractivity (Wildman–Crippen MR) is 71.8 cm³/mol. The summed E-state index contributed by atoms with van der Waals surface area (Å²) >= 11 is 0. The van der Waals surface area contributed by atoms with E-state index in [0.29, 0.717) is 22.7 Å². The minimum absolute atomic E-state index is 0.212. The van der Waals surface area contributed by atoms with Crippen molar-refractivity contribution in [3.8, 4) is 5.75 Å². The number of ether oxygens (including phenoxy) is 1. The first-order valence-corrected chi connectivity index (χ1v) is 6.08. The van der Waals surface area contributed by atoms with Crippen LogP contribution in [0.2, 0.25) is 0 Å². The van der Waals surface area contributed by atoms with Crippen molar-refractivity contribution in [2.24, 2.45) is 0 Å². The third-order valence-corrected chi connectivity index (χ3v) is 2.95. The van der Waals surface area contributed by atoms with E-state index in [2.05, 4.69) is 10.6 Å². The van der Waals surface area contributed by atoms with Crippen LogP contribution in [0.5, 0.6) is 5.75 Å². The normalized spacial score (nSPS) is 16.9. The minimum atomic E-state index is -0.520. The summed E-state index contributed by atoms with van der Waals surface area (Å²) in [4.78, 5) is 23.4. The largest absolute Gasteiger partial charge is 0.479 e. The lowest BCUT2D eigenvalue weighted by molar-refractivity contribution is -0.122. The van der Waals surface area contributed by atoms with Gasteiger partial charge in [-0.25, -0.2) is 0 Å². The zero-order chi connectivity index (χ0) is 14.1. The Balaban J connectivity index is 1.81. The monoisotopic (exact) mass is 272 g/mol. The van der Waals surface area contributed by atoms with Gasteiger partial charge in [0.25, 0.3) is 11.8 Å². The maximum atomic E-state index is 11.9. The van der Waals surface area contributed by atoms with Crippen LogP contribution in [0, 0.1) is 0 Å². The molecular weight excluding hydrogens is 260 g/mol. The lowest BCUT2D eigenvalue weighted by atomic mass is 10.2. The highest BCUT2D eigenvalue weighted by molar-refractivity contribution is 6.05. The Morgan fingerprint density at radius 3 is 2.95 bits per heavy atom. The second-order valence-corrected chi connectivity index (χ2v) is 4.43. The molecule has 1 aromatic carbocycles. The van der Waals surface area contributed by atoms with Gasteiger partial charge in [-0.05, 0) is 31.2 Å². The van der Waals surface area contributed by atoms with Gasteiger partial charge in [-0.1, -0.05) is 0 Å². The standard InChI is InChI=1S/C14H12N2O4/c1-8-13(17)16-11-6-10(2-3-12(11)20-8)15-14(18)9-4-5-19-7-9/h2-8H,1H3,(H,15,18)(H,16,17). The molecule has 0 saturated heterocycles. The zero-order valence-corrected chi connectivity index (χ0v) is 10.7. The Labute approximate surface area is 114 Å². The van der Waals surface area contributed by atoms with Gasteiger partial charge in [0.2, 0.25) is 0 Å². The van der Waals surface area contributed by atoms with Crippen LogP contribution in [0.4, 0.5) is 11.4 Å². The summed E-state index contributed by atoms with van der Waals surface area (Å²) in [6, 6.07) is 6.63. The third kappa shape index (κ3) is 2.23. The molecule has 1 aliphatic heterocycles. The van der Waals surface area contributed by atoms with E-state index in [1.807, 2.05) is 0 Å². The average molecular weight is 272 g/mol. The minimum Gasteiger partial charge on any atom is -0.479 e. The summed E-state index contributed by atoms with van der Waals surface area (Å²) < 4.78 is 10.3. The van der Waals surface area contributed by atoms with E-state index in [1.54, 1.807) is 31.2 Å². The summed E-state index contributed by atoms with van der Waals surface area (Å²) in [5.41, 5.74) is 1.53. The SMILES string of the molecule is CC1Oc2ccc(NC(=O)c3ccoc3)cc2NC1=O. The molecule has 0 saturated carbocycles. The first kappa shape index (κ1) is 12.3. The molecular formula is C14H12N2O4. The highest BCUT2D eigenvalue weighted by atomic mass is 16.5. The van der Waals surface area contributed by atoms with Crippen molar-refractivity contribution in [2.45, 2.75) is 13.0 Å². The van der Waals surface area contributed by atoms with E-state index in [4.69, 9.17) is 9.15 Å². The van der Waals surface area contributed by atoms with Crippen LogP contribution in [0.15, 0.2) is 41.2 Å². The summed E-state index contributed by atoms with van der Waals surface area (Å²) in [6.45, 7) is 1.67. The molecule has 0 aliphatic carbocycles. The van der Waals surface area contributed by atoms with Gasteiger partial charge in [0.15, 0.2) is 6.10 Å². The summed E-state index contributed by atoms with van der Waals surface area (Å²) in [7, 11) is 0. The highest BCUT2D eigenvalue weighted by Gasteiger charge is 2.23. The summed E-state index contributed by atoms with van der Waals surface area (Å²) in [6.07, 6.45) is 2.27. The second kappa shape index (κ2) is 4.73. The Morgan fingerprint density at radius 1 is 1.35 bits per heavy atom. The third-order valence-electron chi connectivity index (χ3n) is 2.95. The number of hydrogen-bond donors (Lipinski definition) is 2. The van der Waals surface area contributed by atoms with Crippen LogP contribution in [0.25, 0.3) is 0 Å². The predicted octanol–water partition coefficient (Wildman–Crippen LogP) is 2.25. The Kier molecular flexibility index (Phi) is 2.90. The molecule has 1 atom stereocenters. The number of furan rings is 1. The van der Waals surface area contributed by atoms with Crippen LogP contribution in [0.3, 0.4) is 0 Å². The van der Waals surface area contributed by atoms with Crippen molar-refractivity contribution >= 4 is 23.2 Å². The van der Waals surface area contributed by atoms with E-state index in [9.17, 15) is 9.59 Å². The molecule has 1 aliphatic rings. The summed E-state index contributed by atoms with van der Waals surface area (Å²) in [5.74, 6) is 0.0874. The second-order valence-electron chi connectivity index (χ2n) is 4.43. The molecule has 20 heavy (non-hydrogen) atoms. The quantitative estimate of drug-likeness (QED) is 0.878. The van der Waals surface area contributed by atoms with Gasteiger partial charge in [-0.3, -0.25) is 9.59 Å². The molecule has 6 nitrogen and oxygen atoms in total. The van der Waals surface area contributed by atoms with Gasteiger partial charge in [0, 0.05) is 5.69 Å². The number of carbonyl (C=O) groups excluding carboxylic acids is 2. The van der Waals surface area contributed by atoms with E-state index in [0.717, 1.165) is 0 Å². The van der Waals surface area contributed by atoms with Gasteiger partial charge in [0.1, 0.15) is 12.0 Å². The van der Waals surface area contributed by atoms with Crippen LogP contribution in [-0.4, -0.2) is 17.9 Å². The molecule has 2 N–H and O–H groups in total. The lowest BCUT2D eigenvalue weighted by Crippen LogP contribution is -2.34. The van der Waals surface area contributed by atoms with Crippen molar-refractivity contribution in [1.29, 1.82) is 0 Å². The van der Waals surface area contributed by atoms with E-state index in [-0.39, 0.29) is 11.8 Å². The molecule has 0 spiro atoms. The molecule has 0 bridgehead atoms. The molecule has 2 heterocycles. The maximum Gasteiger partial charge on any atom is 0.265 e. The van der Waals surface area contributed by atoms with Crippen molar-refractivity contribution < 1.29 is 18.7 Å². The number of fused-ring (bicyclic) bond motifs is 1. The highest BCUT2D eigenvalue weighted by Crippen LogP contribution is 2.32. The summed E-state index contributed by atoms with van der Waals surface area (Å²) in [5, 5.41) is 5.44. The van der Waals surface area contributed by atoms with Crippen LogP contribution in [0.1, 0.15) is 17.3 Å². The molecule has 6 heteroatoms. The van der Waals surface area contributed by atoms with Gasteiger partial charge in [-0.2, -0.15) is 0 Å². The number of benzene rings is 1. The smallest absolute Gasteiger partial charge is 0.265 e. The molecule has 0 radical (unpaired) electrons. The first-order valence-electron chi connectivity index (χ1n) is 6.08. The number of anilines is 2. The number of nitrogens with one attached hydrogen (secondary N) is 2. The number of rotatable bonds is 2. The fraction of sp³-hybridized carbons (Fsp3) is 0.143. The van der Waals surface area contributed by atoms with Crippen LogP contribution in [-0.2, 0) is 4.79 Å². The Bertz CT molecular complexity index is 664. The molecule has 0 fully saturated rings.